The van der Waals surface area contributed by atoms with Crippen LogP contribution in [0.4, 0.5) is 8.78 Å². The number of aliphatic hydroxyl groups is 1. The van der Waals surface area contributed by atoms with Crippen LogP contribution in [0.25, 0.3) is 0 Å². The van der Waals surface area contributed by atoms with Crippen molar-refractivity contribution in [2.24, 2.45) is 0 Å². The summed E-state index contributed by atoms with van der Waals surface area (Å²) in [4.78, 5) is 3.64. The number of aromatic nitrogens is 1. The van der Waals surface area contributed by atoms with Crippen LogP contribution in [0.3, 0.4) is 0 Å². The zero-order valence-corrected chi connectivity index (χ0v) is 8.00. The Bertz CT molecular complexity index is 322. The predicted molar refractivity (Wildman–Crippen MR) is 46.8 cm³/mol. The topological polar surface area (TPSA) is 42.4 Å². The molecule has 1 aromatic heterocycles. The standard InChI is InChI=1S/C8H8ClF2NO2/c1-14-8-4(6(13)7(10)11)2-3-5(9)12-8/h2-3,6-7,13H,1H3. The third kappa shape index (κ3) is 2.30. The van der Waals surface area contributed by atoms with Crippen LogP contribution in [0.2, 0.25) is 5.15 Å². The molecule has 3 nitrogen and oxygen atoms in total. The molecule has 1 unspecified atom stereocenters. The molecule has 0 spiro atoms. The van der Waals surface area contributed by atoms with Gasteiger partial charge in [-0.25, -0.2) is 13.8 Å². The maximum absolute atomic E-state index is 12.2. The van der Waals surface area contributed by atoms with Crippen molar-refractivity contribution in [3.05, 3.63) is 22.8 Å². The predicted octanol–water partition coefficient (Wildman–Crippen LogP) is 2.04. The van der Waals surface area contributed by atoms with E-state index in [4.69, 9.17) is 21.4 Å². The van der Waals surface area contributed by atoms with Crippen LogP contribution in [0.15, 0.2) is 12.1 Å². The van der Waals surface area contributed by atoms with Gasteiger partial charge in [0.2, 0.25) is 5.88 Å². The zero-order valence-electron chi connectivity index (χ0n) is 7.25. The summed E-state index contributed by atoms with van der Waals surface area (Å²) in [5.41, 5.74) is -0.0769. The smallest absolute Gasteiger partial charge is 0.268 e. The molecule has 0 aliphatic heterocycles. The summed E-state index contributed by atoms with van der Waals surface area (Å²) in [6, 6.07) is 2.57. The number of rotatable bonds is 3. The number of methoxy groups -OCH3 is 1. The number of hydrogen-bond donors (Lipinski definition) is 1. The highest BCUT2D eigenvalue weighted by molar-refractivity contribution is 6.29. The molecule has 0 saturated heterocycles. The Hall–Kier alpha value is -0.940. The molecule has 1 rings (SSSR count). The molecule has 1 N–H and O–H groups in total. The second-order valence-corrected chi connectivity index (χ2v) is 2.90. The number of pyridine rings is 1. The minimum absolute atomic E-state index is 0.0769. The van der Waals surface area contributed by atoms with Crippen molar-refractivity contribution in [1.82, 2.24) is 4.98 Å². The van der Waals surface area contributed by atoms with Gasteiger partial charge in [-0.1, -0.05) is 11.6 Å². The third-order valence-corrected chi connectivity index (χ3v) is 1.82. The lowest BCUT2D eigenvalue weighted by Gasteiger charge is -2.12. The Kier molecular flexibility index (Phi) is 3.60. The molecule has 0 aliphatic carbocycles. The van der Waals surface area contributed by atoms with Gasteiger partial charge in [-0.2, -0.15) is 0 Å². The van der Waals surface area contributed by atoms with E-state index < -0.39 is 12.5 Å². The second-order valence-electron chi connectivity index (χ2n) is 2.51. The monoisotopic (exact) mass is 223 g/mol. The van der Waals surface area contributed by atoms with Crippen molar-refractivity contribution in [2.45, 2.75) is 12.5 Å². The van der Waals surface area contributed by atoms with Crippen LogP contribution in [0.1, 0.15) is 11.7 Å². The SMILES string of the molecule is COc1nc(Cl)ccc1C(O)C(F)F. The normalized spacial score (nSPS) is 13.0. The Labute approximate surface area is 84.3 Å². The Morgan fingerprint density at radius 3 is 2.64 bits per heavy atom. The van der Waals surface area contributed by atoms with Gasteiger partial charge in [0.05, 0.1) is 7.11 Å². The van der Waals surface area contributed by atoms with Gasteiger partial charge in [0.1, 0.15) is 11.3 Å². The molecule has 1 atom stereocenters. The molecule has 0 bridgehead atoms. The summed E-state index contributed by atoms with van der Waals surface area (Å²) >= 11 is 5.52. The van der Waals surface area contributed by atoms with Crippen molar-refractivity contribution in [3.8, 4) is 5.88 Å². The lowest BCUT2D eigenvalue weighted by molar-refractivity contribution is -0.00729. The van der Waals surface area contributed by atoms with E-state index in [1.165, 1.54) is 19.2 Å². The van der Waals surface area contributed by atoms with Crippen LogP contribution >= 0.6 is 11.6 Å². The first-order chi connectivity index (χ1) is 6.56. The van der Waals surface area contributed by atoms with E-state index in [0.29, 0.717) is 0 Å². The molecular weight excluding hydrogens is 216 g/mol. The fraction of sp³-hybridized carbons (Fsp3) is 0.375. The highest BCUT2D eigenvalue weighted by Crippen LogP contribution is 2.28. The molecule has 1 aromatic rings. The molecular formula is C8H8ClF2NO2. The number of ether oxygens (including phenoxy) is 1. The fourth-order valence-corrected chi connectivity index (χ4v) is 1.09. The lowest BCUT2D eigenvalue weighted by atomic mass is 10.1. The lowest BCUT2D eigenvalue weighted by Crippen LogP contribution is -2.10. The van der Waals surface area contributed by atoms with E-state index in [1.807, 2.05) is 0 Å². The van der Waals surface area contributed by atoms with Gasteiger partial charge in [0.15, 0.2) is 0 Å². The number of halogens is 3. The van der Waals surface area contributed by atoms with Gasteiger partial charge in [-0.05, 0) is 12.1 Å². The number of aliphatic hydroxyl groups excluding tert-OH is 1. The second kappa shape index (κ2) is 4.52. The van der Waals surface area contributed by atoms with E-state index >= 15 is 0 Å². The molecule has 14 heavy (non-hydrogen) atoms. The Balaban J connectivity index is 3.07. The minimum Gasteiger partial charge on any atom is -0.481 e. The highest BCUT2D eigenvalue weighted by Gasteiger charge is 2.23. The fourth-order valence-electron chi connectivity index (χ4n) is 0.953. The van der Waals surface area contributed by atoms with Crippen LogP contribution in [0, 0.1) is 0 Å². The molecule has 0 amide bonds. The maximum atomic E-state index is 12.2. The molecule has 78 valence electrons. The molecule has 1 heterocycles. The van der Waals surface area contributed by atoms with Gasteiger partial charge in [-0.3, -0.25) is 0 Å². The molecule has 6 heteroatoms. The molecule has 0 fully saturated rings. The molecule has 0 aliphatic rings. The van der Waals surface area contributed by atoms with Crippen molar-refractivity contribution in [1.29, 1.82) is 0 Å². The van der Waals surface area contributed by atoms with Gasteiger partial charge in [0, 0.05) is 5.56 Å². The first kappa shape index (κ1) is 11.1. The van der Waals surface area contributed by atoms with Crippen LogP contribution in [-0.4, -0.2) is 23.6 Å². The molecule has 0 saturated carbocycles. The zero-order chi connectivity index (χ0) is 10.7. The van der Waals surface area contributed by atoms with E-state index in [-0.39, 0.29) is 16.6 Å². The number of hydrogen-bond acceptors (Lipinski definition) is 3. The van der Waals surface area contributed by atoms with Gasteiger partial charge < -0.3 is 9.84 Å². The first-order valence-electron chi connectivity index (χ1n) is 3.73. The van der Waals surface area contributed by atoms with Crippen LogP contribution in [0.5, 0.6) is 5.88 Å². The van der Waals surface area contributed by atoms with E-state index in [1.54, 1.807) is 0 Å². The van der Waals surface area contributed by atoms with E-state index in [9.17, 15) is 8.78 Å². The molecule has 0 aromatic carbocycles. The van der Waals surface area contributed by atoms with Gasteiger partial charge >= 0.3 is 0 Å². The van der Waals surface area contributed by atoms with Crippen molar-refractivity contribution >= 4 is 11.6 Å². The van der Waals surface area contributed by atoms with Gasteiger partial charge in [-0.15, -0.1) is 0 Å². The average molecular weight is 224 g/mol. The minimum atomic E-state index is -2.88. The summed E-state index contributed by atoms with van der Waals surface area (Å²) in [6.07, 6.45) is -4.79. The van der Waals surface area contributed by atoms with Crippen molar-refractivity contribution < 1.29 is 18.6 Å². The third-order valence-electron chi connectivity index (χ3n) is 1.61. The van der Waals surface area contributed by atoms with Crippen molar-refractivity contribution in [2.75, 3.05) is 7.11 Å². The van der Waals surface area contributed by atoms with E-state index in [0.717, 1.165) is 0 Å². The summed E-state index contributed by atoms with van der Waals surface area (Å²) in [5.74, 6) is -0.0923. The first-order valence-corrected chi connectivity index (χ1v) is 4.10. The summed E-state index contributed by atoms with van der Waals surface area (Å²) in [6.45, 7) is 0. The summed E-state index contributed by atoms with van der Waals surface area (Å²) in [5, 5.41) is 9.21. The van der Waals surface area contributed by atoms with E-state index in [2.05, 4.69) is 4.98 Å². The number of alkyl halides is 2. The highest BCUT2D eigenvalue weighted by atomic mass is 35.5. The Morgan fingerprint density at radius 2 is 2.14 bits per heavy atom. The largest absolute Gasteiger partial charge is 0.481 e. The molecule has 0 radical (unpaired) electrons. The average Bonchev–Trinajstić information content (AvgIpc) is 2.16. The quantitative estimate of drug-likeness (QED) is 0.798. The van der Waals surface area contributed by atoms with Crippen LogP contribution < -0.4 is 4.74 Å². The summed E-state index contributed by atoms with van der Waals surface area (Å²) < 4.78 is 29.0. The maximum Gasteiger partial charge on any atom is 0.268 e. The Morgan fingerprint density at radius 1 is 1.50 bits per heavy atom. The van der Waals surface area contributed by atoms with Crippen LogP contribution in [-0.2, 0) is 0 Å². The van der Waals surface area contributed by atoms with Crippen molar-refractivity contribution in [3.63, 3.8) is 0 Å². The number of nitrogens with zero attached hydrogens (tertiary/aromatic N) is 1. The van der Waals surface area contributed by atoms with Gasteiger partial charge in [0.25, 0.3) is 6.43 Å². The summed E-state index contributed by atoms with van der Waals surface area (Å²) in [7, 11) is 1.26.